The molecule has 2 bridgehead atoms. The number of aromatic nitrogens is 2. The number of hydrogen-bond acceptors (Lipinski definition) is 5. The molecule has 2 aromatic heterocycles. The van der Waals surface area contributed by atoms with Gasteiger partial charge in [-0.15, -0.1) is 0 Å². The van der Waals surface area contributed by atoms with E-state index in [2.05, 4.69) is 69.6 Å². The maximum atomic E-state index is 9.11. The Hall–Kier alpha value is -2.41. The Bertz CT molecular complexity index is 1190. The Morgan fingerprint density at radius 1 is 1.18 bits per heavy atom. The van der Waals surface area contributed by atoms with Gasteiger partial charge in [-0.3, -0.25) is 9.80 Å². The number of pyridine rings is 1. The molecule has 0 radical (unpaired) electrons. The SMILES string of the molecule is C[C@@H]1Cc2c([nH]c3ccccc23)[C@@H](c2ccc(NC3CN(CCO)C3)nc2)N1C12CCC(C1)C2. The van der Waals surface area contributed by atoms with Crippen molar-refractivity contribution in [1.82, 2.24) is 19.8 Å². The number of fused-ring (bicyclic) bond motifs is 4. The smallest absolute Gasteiger partial charge is 0.126 e. The van der Waals surface area contributed by atoms with Crippen molar-refractivity contribution in [3.8, 4) is 0 Å². The molecule has 0 amide bonds. The van der Waals surface area contributed by atoms with Gasteiger partial charge in [0, 0.05) is 54.0 Å². The molecule has 0 unspecified atom stereocenters. The summed E-state index contributed by atoms with van der Waals surface area (Å²) in [6.45, 7) is 5.37. The third-order valence-corrected chi connectivity index (χ3v) is 9.10. The van der Waals surface area contributed by atoms with Gasteiger partial charge in [-0.2, -0.15) is 0 Å². The summed E-state index contributed by atoms with van der Waals surface area (Å²) in [5.74, 6) is 1.89. The van der Waals surface area contributed by atoms with Crippen LogP contribution >= 0.6 is 0 Å². The maximum Gasteiger partial charge on any atom is 0.126 e. The molecule has 5 aliphatic rings. The molecule has 6 nitrogen and oxygen atoms in total. The highest BCUT2D eigenvalue weighted by molar-refractivity contribution is 5.85. The summed E-state index contributed by atoms with van der Waals surface area (Å²) in [6.07, 6.45) is 8.68. The molecular weight excluding hydrogens is 422 g/mol. The van der Waals surface area contributed by atoms with E-state index in [4.69, 9.17) is 10.1 Å². The summed E-state index contributed by atoms with van der Waals surface area (Å²) in [5, 5.41) is 14.1. The van der Waals surface area contributed by atoms with Gasteiger partial charge in [0.1, 0.15) is 5.82 Å². The van der Waals surface area contributed by atoms with Crippen LogP contribution in [0.25, 0.3) is 10.9 Å². The molecule has 3 N–H and O–H groups in total. The number of para-hydroxylation sites is 1. The van der Waals surface area contributed by atoms with E-state index in [0.717, 1.165) is 37.8 Å². The van der Waals surface area contributed by atoms with Crippen molar-refractivity contribution in [3.05, 3.63) is 59.4 Å². The first kappa shape index (κ1) is 20.9. The Morgan fingerprint density at radius 2 is 2.03 bits per heavy atom. The number of β-amino-alcohol motifs (C(OH)–C–C–N with tert-alkyl or cyclic N) is 1. The Kier molecular flexibility index (Phi) is 4.80. The molecule has 34 heavy (non-hydrogen) atoms. The van der Waals surface area contributed by atoms with Crippen LogP contribution in [-0.4, -0.2) is 68.7 Å². The van der Waals surface area contributed by atoms with Gasteiger partial charge in [0.05, 0.1) is 18.7 Å². The van der Waals surface area contributed by atoms with Crippen LogP contribution in [-0.2, 0) is 6.42 Å². The monoisotopic (exact) mass is 457 g/mol. The van der Waals surface area contributed by atoms with Crippen LogP contribution in [0.4, 0.5) is 5.82 Å². The van der Waals surface area contributed by atoms with E-state index in [1.807, 2.05) is 0 Å². The Balaban J connectivity index is 1.23. The first-order chi connectivity index (χ1) is 16.6. The molecule has 178 valence electrons. The molecule has 4 fully saturated rings. The molecule has 2 aliphatic heterocycles. The van der Waals surface area contributed by atoms with Crippen molar-refractivity contribution >= 4 is 16.7 Å². The topological polar surface area (TPSA) is 67.4 Å². The largest absolute Gasteiger partial charge is 0.395 e. The molecule has 2 atom stereocenters. The van der Waals surface area contributed by atoms with E-state index in [-0.39, 0.29) is 12.6 Å². The number of aliphatic hydroxyl groups is 1. The van der Waals surface area contributed by atoms with Crippen LogP contribution < -0.4 is 5.32 Å². The zero-order chi connectivity index (χ0) is 22.9. The lowest BCUT2D eigenvalue weighted by Gasteiger charge is -2.55. The third-order valence-electron chi connectivity index (χ3n) is 9.10. The van der Waals surface area contributed by atoms with Crippen LogP contribution in [0.5, 0.6) is 0 Å². The van der Waals surface area contributed by atoms with Gasteiger partial charge in [-0.05, 0) is 68.2 Å². The number of H-pyrrole nitrogens is 1. The standard InChI is InChI=1S/C28H35N5O/c1-18-12-23-22-4-2-3-5-24(22)31-26(23)27(33(18)28-9-8-19(13-28)14-28)20-6-7-25(29-15-20)30-21-16-32(17-21)10-11-34/h2-7,15,18-19,21,27,31,34H,8-14,16-17H2,1H3,(H,29,30)/t18-,19?,27-,28?/m1/s1. The van der Waals surface area contributed by atoms with Gasteiger partial charge in [0.2, 0.25) is 0 Å². The van der Waals surface area contributed by atoms with Crippen LogP contribution in [0, 0.1) is 5.92 Å². The van der Waals surface area contributed by atoms with E-state index in [9.17, 15) is 0 Å². The quantitative estimate of drug-likeness (QED) is 0.523. The van der Waals surface area contributed by atoms with E-state index < -0.39 is 0 Å². The van der Waals surface area contributed by atoms with Gasteiger partial charge in [-0.25, -0.2) is 4.98 Å². The number of nitrogens with one attached hydrogen (secondary N) is 2. The average Bonchev–Trinajstić information content (AvgIpc) is 3.50. The van der Waals surface area contributed by atoms with E-state index >= 15 is 0 Å². The summed E-state index contributed by atoms with van der Waals surface area (Å²) in [4.78, 5) is 13.9. The fourth-order valence-corrected chi connectivity index (χ4v) is 7.61. The fourth-order valence-electron chi connectivity index (χ4n) is 7.61. The summed E-state index contributed by atoms with van der Waals surface area (Å²) in [6, 6.07) is 14.4. The fraction of sp³-hybridized carbons (Fsp3) is 0.536. The van der Waals surface area contributed by atoms with E-state index in [0.29, 0.717) is 17.6 Å². The van der Waals surface area contributed by atoms with Crippen molar-refractivity contribution in [3.63, 3.8) is 0 Å². The van der Waals surface area contributed by atoms with Gasteiger partial charge in [0.15, 0.2) is 0 Å². The lowest BCUT2D eigenvalue weighted by molar-refractivity contribution is -0.0340. The van der Waals surface area contributed by atoms with Crippen molar-refractivity contribution < 1.29 is 5.11 Å². The maximum absolute atomic E-state index is 9.11. The lowest BCUT2D eigenvalue weighted by Crippen LogP contribution is -2.59. The predicted octanol–water partition coefficient (Wildman–Crippen LogP) is 3.93. The first-order valence-corrected chi connectivity index (χ1v) is 13.1. The second kappa shape index (κ2) is 7.80. The van der Waals surface area contributed by atoms with Crippen molar-refractivity contribution in [1.29, 1.82) is 0 Å². The molecule has 3 aliphatic carbocycles. The molecule has 8 rings (SSSR count). The highest BCUT2D eigenvalue weighted by Crippen LogP contribution is 2.60. The van der Waals surface area contributed by atoms with Crippen LogP contribution in [0.3, 0.4) is 0 Å². The minimum Gasteiger partial charge on any atom is -0.395 e. The van der Waals surface area contributed by atoms with Gasteiger partial charge in [-0.1, -0.05) is 24.3 Å². The Morgan fingerprint density at radius 3 is 2.76 bits per heavy atom. The highest BCUT2D eigenvalue weighted by atomic mass is 16.3. The molecule has 4 heterocycles. The van der Waals surface area contributed by atoms with Gasteiger partial charge < -0.3 is 15.4 Å². The minimum atomic E-state index is 0.230. The van der Waals surface area contributed by atoms with Gasteiger partial charge >= 0.3 is 0 Å². The zero-order valence-corrected chi connectivity index (χ0v) is 20.0. The highest BCUT2D eigenvalue weighted by Gasteiger charge is 2.58. The van der Waals surface area contributed by atoms with Crippen LogP contribution in [0.2, 0.25) is 0 Å². The molecule has 1 saturated heterocycles. The number of hydrogen-bond donors (Lipinski definition) is 3. The second-order valence-corrected chi connectivity index (χ2v) is 11.3. The number of nitrogens with zero attached hydrogens (tertiary/aromatic N) is 3. The molecule has 6 heteroatoms. The molecule has 1 aromatic carbocycles. The first-order valence-electron chi connectivity index (χ1n) is 13.1. The summed E-state index contributed by atoms with van der Waals surface area (Å²) in [5.41, 5.74) is 5.79. The van der Waals surface area contributed by atoms with Crippen LogP contribution in [0.1, 0.15) is 55.5 Å². The van der Waals surface area contributed by atoms with E-state index in [1.54, 1.807) is 0 Å². The minimum absolute atomic E-state index is 0.230. The predicted molar refractivity (Wildman–Crippen MR) is 135 cm³/mol. The van der Waals surface area contributed by atoms with Crippen molar-refractivity contribution in [2.24, 2.45) is 5.92 Å². The average molecular weight is 458 g/mol. The van der Waals surface area contributed by atoms with E-state index in [1.165, 1.54) is 53.4 Å². The summed E-state index contributed by atoms with van der Waals surface area (Å²) < 4.78 is 0. The van der Waals surface area contributed by atoms with Crippen molar-refractivity contribution in [2.45, 2.75) is 62.7 Å². The van der Waals surface area contributed by atoms with Crippen molar-refractivity contribution in [2.75, 3.05) is 31.6 Å². The number of rotatable bonds is 6. The van der Waals surface area contributed by atoms with Gasteiger partial charge in [0.25, 0.3) is 0 Å². The molecule has 3 aromatic rings. The number of aliphatic hydroxyl groups excluding tert-OH is 1. The number of anilines is 1. The third kappa shape index (κ3) is 3.15. The molecular formula is C28H35N5O. The lowest BCUT2D eigenvalue weighted by atomic mass is 9.72. The molecule has 3 saturated carbocycles. The Labute approximate surface area is 201 Å². The number of likely N-dealkylation sites (tertiary alicyclic amines) is 1. The second-order valence-electron chi connectivity index (χ2n) is 11.3. The molecule has 0 spiro atoms. The summed E-state index contributed by atoms with van der Waals surface area (Å²) >= 11 is 0. The normalized spacial score (nSPS) is 31.3. The zero-order valence-electron chi connectivity index (χ0n) is 20.0. The summed E-state index contributed by atoms with van der Waals surface area (Å²) in [7, 11) is 0. The number of benzene rings is 1. The number of aromatic amines is 1. The van der Waals surface area contributed by atoms with Crippen LogP contribution in [0.15, 0.2) is 42.6 Å².